The van der Waals surface area contributed by atoms with Gasteiger partial charge in [0.05, 0.1) is 0 Å². The van der Waals surface area contributed by atoms with Crippen molar-refractivity contribution < 1.29 is 0 Å². The second-order valence-corrected chi connectivity index (χ2v) is 15.0. The average molecular weight is 643 g/mol. The molecule has 0 unspecified atom stereocenters. The summed E-state index contributed by atoms with van der Waals surface area (Å²) >= 11 is 3.80. The maximum absolute atomic E-state index is 2.44. The minimum Gasteiger partial charge on any atom is -0.135 e. The van der Waals surface area contributed by atoms with E-state index in [0.29, 0.717) is 0 Å². The van der Waals surface area contributed by atoms with Gasteiger partial charge >= 0.3 is 0 Å². The molecule has 222 valence electrons. The fourth-order valence-corrected chi connectivity index (χ4v) is 10.4. The van der Waals surface area contributed by atoms with Gasteiger partial charge in [-0.1, -0.05) is 121 Å². The smallest absolute Gasteiger partial charge is 0.0361 e. The van der Waals surface area contributed by atoms with Gasteiger partial charge in [0, 0.05) is 40.3 Å². The Hall–Kier alpha value is -5.54. The topological polar surface area (TPSA) is 0 Å². The molecule has 0 aliphatic rings. The van der Waals surface area contributed by atoms with Crippen molar-refractivity contribution in [2.24, 2.45) is 0 Å². The minimum absolute atomic E-state index is 1.26. The van der Waals surface area contributed by atoms with Gasteiger partial charge in [0.2, 0.25) is 0 Å². The predicted octanol–water partition coefficient (Wildman–Crippen LogP) is 14.4. The fraction of sp³-hybridized carbons (Fsp3) is 0. The lowest BCUT2D eigenvalue weighted by molar-refractivity contribution is 1.68. The zero-order valence-electron chi connectivity index (χ0n) is 25.8. The highest BCUT2D eigenvalue weighted by molar-refractivity contribution is 7.26. The monoisotopic (exact) mass is 642 g/mol. The zero-order chi connectivity index (χ0) is 31.3. The molecule has 2 heterocycles. The molecule has 0 nitrogen and oxygen atoms in total. The molecule has 0 bridgehead atoms. The number of fused-ring (bicyclic) bond motifs is 11. The first-order valence-electron chi connectivity index (χ1n) is 16.4. The van der Waals surface area contributed by atoms with E-state index in [1.54, 1.807) is 0 Å². The molecule has 0 N–H and O–H groups in total. The van der Waals surface area contributed by atoms with Gasteiger partial charge in [0.25, 0.3) is 0 Å². The van der Waals surface area contributed by atoms with Gasteiger partial charge in [-0.3, -0.25) is 0 Å². The molecule has 2 heteroatoms. The van der Waals surface area contributed by atoms with Crippen molar-refractivity contribution in [2.45, 2.75) is 0 Å². The summed E-state index contributed by atoms with van der Waals surface area (Å²) in [7, 11) is 0. The maximum atomic E-state index is 2.44. The molecule has 0 saturated carbocycles. The van der Waals surface area contributed by atoms with Crippen LogP contribution < -0.4 is 0 Å². The standard InChI is InChI=1S/C46H26S2/c1-3-11-32-27(9-1)23-28-10-2-4-12-33(28)45(32)37-21-20-31(34-13-5-6-14-35(34)37)29-17-19-38-43(24-29)48-42-22-18-30-25-44-40(26-39(30)46(38)42)36-15-7-8-16-41(36)47-44/h1-26H. The zero-order valence-corrected chi connectivity index (χ0v) is 27.5. The first-order valence-corrected chi connectivity index (χ1v) is 18.1. The summed E-state index contributed by atoms with van der Waals surface area (Å²) in [6, 6.07) is 58.9. The first kappa shape index (κ1) is 26.5. The summed E-state index contributed by atoms with van der Waals surface area (Å²) in [5.41, 5.74) is 5.12. The maximum Gasteiger partial charge on any atom is 0.0361 e. The van der Waals surface area contributed by atoms with Crippen molar-refractivity contribution in [2.75, 3.05) is 0 Å². The lowest BCUT2D eigenvalue weighted by Gasteiger charge is -2.16. The lowest BCUT2D eigenvalue weighted by atomic mass is 9.87. The van der Waals surface area contributed by atoms with Crippen LogP contribution in [0.15, 0.2) is 158 Å². The summed E-state index contributed by atoms with van der Waals surface area (Å²) in [5.74, 6) is 0. The normalized spacial score (nSPS) is 12.2. The number of hydrogen-bond acceptors (Lipinski definition) is 2. The highest BCUT2D eigenvalue weighted by atomic mass is 32.1. The highest BCUT2D eigenvalue weighted by Crippen LogP contribution is 2.46. The van der Waals surface area contributed by atoms with Crippen LogP contribution in [0, 0.1) is 0 Å². The lowest BCUT2D eigenvalue weighted by Crippen LogP contribution is -1.89. The fourth-order valence-electron chi connectivity index (χ4n) is 8.06. The van der Waals surface area contributed by atoms with E-state index in [0.717, 1.165) is 0 Å². The van der Waals surface area contributed by atoms with Crippen LogP contribution in [0.4, 0.5) is 0 Å². The number of rotatable bonds is 2. The van der Waals surface area contributed by atoms with E-state index in [9.17, 15) is 0 Å². The predicted molar refractivity (Wildman–Crippen MR) is 213 cm³/mol. The van der Waals surface area contributed by atoms with Crippen molar-refractivity contribution >= 4 is 106 Å². The number of benzene rings is 9. The molecule has 0 saturated heterocycles. The summed E-state index contributed by atoms with van der Waals surface area (Å²) < 4.78 is 5.39. The van der Waals surface area contributed by atoms with Crippen molar-refractivity contribution in [3.8, 4) is 22.3 Å². The molecule has 0 aliphatic heterocycles. The van der Waals surface area contributed by atoms with Crippen LogP contribution in [0.2, 0.25) is 0 Å². The van der Waals surface area contributed by atoms with Crippen molar-refractivity contribution in [1.82, 2.24) is 0 Å². The van der Waals surface area contributed by atoms with E-state index in [2.05, 4.69) is 158 Å². The third kappa shape index (κ3) is 3.76. The first-order chi connectivity index (χ1) is 23.8. The van der Waals surface area contributed by atoms with Crippen molar-refractivity contribution in [3.05, 3.63) is 158 Å². The van der Waals surface area contributed by atoms with E-state index in [4.69, 9.17) is 0 Å². The molecule has 11 rings (SSSR count). The molecule has 0 atom stereocenters. The molecule has 0 spiro atoms. The van der Waals surface area contributed by atoms with Crippen LogP contribution in [0.3, 0.4) is 0 Å². The van der Waals surface area contributed by atoms with Crippen LogP contribution in [-0.4, -0.2) is 0 Å². The Kier molecular flexibility index (Phi) is 5.51. The summed E-state index contributed by atoms with van der Waals surface area (Å²) in [4.78, 5) is 0. The van der Waals surface area contributed by atoms with Gasteiger partial charge in [-0.25, -0.2) is 0 Å². The molecule has 48 heavy (non-hydrogen) atoms. The Labute approximate surface area is 284 Å². The summed E-state index contributed by atoms with van der Waals surface area (Å²) in [5, 5.41) is 15.8. The molecule has 9 aromatic carbocycles. The molecule has 0 aliphatic carbocycles. The van der Waals surface area contributed by atoms with Gasteiger partial charge in [0.15, 0.2) is 0 Å². The molecule has 0 radical (unpaired) electrons. The van der Waals surface area contributed by atoms with E-state index in [1.807, 2.05) is 22.7 Å². The van der Waals surface area contributed by atoms with Crippen molar-refractivity contribution in [1.29, 1.82) is 0 Å². The SMILES string of the molecule is c1ccc2c(-c3ccc(-c4ccc5c(c4)sc4ccc6cc7sc8ccccc8c7cc6c45)c4ccccc34)c3ccccc3cc2c1. The molecule has 2 aromatic heterocycles. The average Bonchev–Trinajstić information content (AvgIpc) is 3.70. The van der Waals surface area contributed by atoms with E-state index < -0.39 is 0 Å². The second kappa shape index (κ2) is 9.98. The summed E-state index contributed by atoms with van der Waals surface area (Å²) in [6.45, 7) is 0. The van der Waals surface area contributed by atoms with Gasteiger partial charge in [-0.05, 0) is 102 Å². The van der Waals surface area contributed by atoms with Gasteiger partial charge < -0.3 is 0 Å². The van der Waals surface area contributed by atoms with E-state index in [-0.39, 0.29) is 0 Å². The Bertz CT molecular complexity index is 3070. The third-order valence-electron chi connectivity index (χ3n) is 10.2. The Morgan fingerprint density at radius 1 is 0.292 bits per heavy atom. The number of hydrogen-bond donors (Lipinski definition) is 0. The Balaban J connectivity index is 1.13. The Morgan fingerprint density at radius 2 is 0.896 bits per heavy atom. The number of thiophene rings is 2. The summed E-state index contributed by atoms with van der Waals surface area (Å²) in [6.07, 6.45) is 0. The molecular weight excluding hydrogens is 617 g/mol. The Morgan fingerprint density at radius 3 is 1.69 bits per heavy atom. The molecule has 0 fully saturated rings. The van der Waals surface area contributed by atoms with Crippen LogP contribution in [0.1, 0.15) is 0 Å². The minimum atomic E-state index is 1.26. The molecular formula is C46H26S2. The van der Waals surface area contributed by atoms with Crippen LogP contribution in [0.5, 0.6) is 0 Å². The van der Waals surface area contributed by atoms with Gasteiger partial charge in [-0.15, -0.1) is 22.7 Å². The van der Waals surface area contributed by atoms with Gasteiger partial charge in [0.1, 0.15) is 0 Å². The van der Waals surface area contributed by atoms with Crippen LogP contribution in [0.25, 0.3) is 106 Å². The second-order valence-electron chi connectivity index (χ2n) is 12.8. The molecule has 0 amide bonds. The van der Waals surface area contributed by atoms with Gasteiger partial charge in [-0.2, -0.15) is 0 Å². The van der Waals surface area contributed by atoms with Crippen molar-refractivity contribution in [3.63, 3.8) is 0 Å². The molecule has 11 aromatic rings. The van der Waals surface area contributed by atoms with E-state index in [1.165, 1.54) is 106 Å². The van der Waals surface area contributed by atoms with Crippen LogP contribution in [-0.2, 0) is 0 Å². The highest BCUT2D eigenvalue weighted by Gasteiger charge is 2.17. The largest absolute Gasteiger partial charge is 0.135 e. The van der Waals surface area contributed by atoms with Crippen LogP contribution >= 0.6 is 22.7 Å². The quantitative estimate of drug-likeness (QED) is 0.165. The third-order valence-corrected chi connectivity index (χ3v) is 12.5. The van der Waals surface area contributed by atoms with E-state index >= 15 is 0 Å².